The third-order valence-corrected chi connectivity index (χ3v) is 7.68. The lowest BCUT2D eigenvalue weighted by molar-refractivity contribution is 0.0950. The van der Waals surface area contributed by atoms with E-state index in [1.54, 1.807) is 55.8 Å². The number of thiophene rings is 2. The molecule has 0 atom stereocenters. The molecule has 0 aliphatic carbocycles. The lowest BCUT2D eigenvalue weighted by atomic mass is 10.1. The summed E-state index contributed by atoms with van der Waals surface area (Å²) in [6, 6.07) is 17.0. The van der Waals surface area contributed by atoms with Crippen LogP contribution in [0.2, 0.25) is 0 Å². The zero-order valence-electron chi connectivity index (χ0n) is 20.5. The first-order valence-electron chi connectivity index (χ1n) is 11.3. The van der Waals surface area contributed by atoms with Crippen LogP contribution in [0.5, 0.6) is 11.5 Å². The van der Waals surface area contributed by atoms with Gasteiger partial charge in [0.05, 0.1) is 33.0 Å². The van der Waals surface area contributed by atoms with Gasteiger partial charge in [0.1, 0.15) is 11.5 Å². The summed E-state index contributed by atoms with van der Waals surface area (Å²) in [7, 11) is 1.59. The van der Waals surface area contributed by atoms with Crippen LogP contribution in [-0.2, 0) is 6.54 Å². The fourth-order valence-corrected chi connectivity index (χ4v) is 5.27. The number of rotatable bonds is 9. The Labute approximate surface area is 226 Å². The number of carbonyl (C=O) groups excluding carboxylic acids is 3. The lowest BCUT2D eigenvalue weighted by Gasteiger charge is -2.05. The summed E-state index contributed by atoms with van der Waals surface area (Å²) in [5.41, 5.74) is 10.7. The van der Waals surface area contributed by atoms with Crippen molar-refractivity contribution in [2.24, 2.45) is 10.8 Å². The highest BCUT2D eigenvalue weighted by Crippen LogP contribution is 2.39. The molecule has 2 heterocycles. The van der Waals surface area contributed by atoms with Crippen LogP contribution in [0.25, 0.3) is 10.4 Å². The first-order valence-corrected chi connectivity index (χ1v) is 13.0. The fourth-order valence-electron chi connectivity index (χ4n) is 3.44. The maximum absolute atomic E-state index is 12.6. The fraction of sp³-hybridized carbons (Fsp3) is 0.111. The first-order chi connectivity index (χ1) is 18.3. The van der Waals surface area contributed by atoms with Crippen molar-refractivity contribution in [3.8, 4) is 21.9 Å². The Hall–Kier alpha value is -4.48. The third kappa shape index (κ3) is 6.07. The van der Waals surface area contributed by atoms with Crippen LogP contribution in [0.1, 0.15) is 47.8 Å². The molecule has 0 spiro atoms. The van der Waals surface area contributed by atoms with Gasteiger partial charge in [0.25, 0.3) is 11.8 Å². The molecule has 0 fully saturated rings. The molecule has 11 heteroatoms. The van der Waals surface area contributed by atoms with E-state index in [0.717, 1.165) is 28.2 Å². The predicted octanol–water partition coefficient (Wildman–Crippen LogP) is 4.37. The van der Waals surface area contributed by atoms with Crippen LogP contribution in [0.4, 0.5) is 0 Å². The number of benzene rings is 2. The minimum Gasteiger partial charge on any atom is -0.506 e. The van der Waals surface area contributed by atoms with E-state index in [4.69, 9.17) is 10.5 Å². The second kappa shape index (κ2) is 11.7. The van der Waals surface area contributed by atoms with E-state index in [2.05, 4.69) is 15.8 Å². The van der Waals surface area contributed by atoms with Gasteiger partial charge >= 0.3 is 0 Å². The van der Waals surface area contributed by atoms with Crippen LogP contribution in [-0.4, -0.2) is 35.6 Å². The molecule has 194 valence electrons. The number of nitrogens with two attached hydrogens (primary N) is 1. The largest absolute Gasteiger partial charge is 0.506 e. The number of hydrogen-bond acceptors (Lipinski definition) is 8. The van der Waals surface area contributed by atoms with Gasteiger partial charge in [-0.15, -0.1) is 22.7 Å². The molecule has 3 amide bonds. The van der Waals surface area contributed by atoms with Crippen molar-refractivity contribution in [3.63, 3.8) is 0 Å². The molecule has 0 bridgehead atoms. The Morgan fingerprint density at radius 3 is 2.26 bits per heavy atom. The molecule has 0 aliphatic rings. The van der Waals surface area contributed by atoms with Crippen LogP contribution >= 0.6 is 22.7 Å². The highest BCUT2D eigenvalue weighted by Gasteiger charge is 2.17. The molecule has 2 aromatic carbocycles. The number of amides is 3. The number of primary amides is 1. The molecule has 0 saturated heterocycles. The van der Waals surface area contributed by atoms with Crippen LogP contribution in [0.15, 0.2) is 71.1 Å². The van der Waals surface area contributed by atoms with Crippen LogP contribution < -0.4 is 21.2 Å². The summed E-state index contributed by atoms with van der Waals surface area (Å²) in [6.45, 7) is 1.94. The molecular formula is C27H24N4O5S2. The van der Waals surface area contributed by atoms with E-state index < -0.39 is 11.8 Å². The highest BCUT2D eigenvalue weighted by atomic mass is 32.1. The maximum Gasteiger partial charge on any atom is 0.281 e. The zero-order chi connectivity index (χ0) is 27.2. The molecule has 5 N–H and O–H groups in total. The monoisotopic (exact) mass is 548 g/mol. The summed E-state index contributed by atoms with van der Waals surface area (Å²) in [5, 5.41) is 19.4. The molecular weight excluding hydrogens is 524 g/mol. The van der Waals surface area contributed by atoms with Gasteiger partial charge in [-0.2, -0.15) is 5.10 Å². The number of nitrogens with one attached hydrogen (secondary N) is 2. The molecule has 2 aromatic heterocycles. The third-order valence-electron chi connectivity index (χ3n) is 5.58. The summed E-state index contributed by atoms with van der Waals surface area (Å²) in [4.78, 5) is 37.6. The molecule has 0 saturated carbocycles. The van der Waals surface area contributed by atoms with Crippen molar-refractivity contribution >= 4 is 46.1 Å². The number of ether oxygens (including phenoxy) is 1. The second-order valence-corrected chi connectivity index (χ2v) is 10.1. The zero-order valence-corrected chi connectivity index (χ0v) is 22.1. The molecule has 4 aromatic rings. The second-order valence-electron chi connectivity index (χ2n) is 8.10. The molecule has 38 heavy (non-hydrogen) atoms. The number of aromatic hydroxyl groups is 1. The predicted molar refractivity (Wildman–Crippen MR) is 148 cm³/mol. The number of hydrogen-bond donors (Lipinski definition) is 4. The lowest BCUT2D eigenvalue weighted by Crippen LogP contribution is -2.22. The van der Waals surface area contributed by atoms with Crippen LogP contribution in [0, 0.1) is 0 Å². The molecule has 9 nitrogen and oxygen atoms in total. The van der Waals surface area contributed by atoms with Crippen molar-refractivity contribution < 1.29 is 24.2 Å². The van der Waals surface area contributed by atoms with Crippen molar-refractivity contribution in [3.05, 3.63) is 92.5 Å². The maximum atomic E-state index is 12.6. The van der Waals surface area contributed by atoms with Gasteiger partial charge in [-0.25, -0.2) is 5.43 Å². The molecule has 0 radical (unpaired) electrons. The standard InChI is InChI=1S/C27H24N4O5S2/c1-15(20-14-37-24(23(20)32)17-7-9-19(36-2)10-8-17)30-31-27(35)22-12-11-21(38-22)26(34)29-13-16-3-5-18(6-4-16)25(28)33/h3-12,14,32H,13H2,1-2H3,(H2,28,33)(H,29,34)(H,31,35). The minimum absolute atomic E-state index is 0.0787. The van der Waals surface area contributed by atoms with Crippen LogP contribution in [0.3, 0.4) is 0 Å². The summed E-state index contributed by atoms with van der Waals surface area (Å²) in [6.07, 6.45) is 0. The first kappa shape index (κ1) is 26.6. The quantitative estimate of drug-likeness (QED) is 0.181. The van der Waals surface area contributed by atoms with Crippen molar-refractivity contribution in [1.82, 2.24) is 10.7 Å². The Bertz CT molecular complexity index is 1510. The van der Waals surface area contributed by atoms with Gasteiger partial charge in [0.15, 0.2) is 0 Å². The van der Waals surface area contributed by atoms with E-state index in [1.165, 1.54) is 11.3 Å². The topological polar surface area (TPSA) is 143 Å². The number of methoxy groups -OCH3 is 1. The van der Waals surface area contributed by atoms with Gasteiger partial charge in [-0.05, 0) is 66.6 Å². The van der Waals surface area contributed by atoms with Crippen molar-refractivity contribution in [2.45, 2.75) is 13.5 Å². The van der Waals surface area contributed by atoms with Gasteiger partial charge in [0.2, 0.25) is 5.91 Å². The molecule has 4 rings (SSSR count). The number of hydrazone groups is 1. The highest BCUT2D eigenvalue weighted by molar-refractivity contribution is 7.16. The summed E-state index contributed by atoms with van der Waals surface area (Å²) < 4.78 is 5.17. The average Bonchev–Trinajstić information content (AvgIpc) is 3.58. The average molecular weight is 549 g/mol. The Balaban J connectivity index is 1.36. The van der Waals surface area contributed by atoms with E-state index >= 15 is 0 Å². The van der Waals surface area contributed by atoms with Crippen molar-refractivity contribution in [2.75, 3.05) is 7.11 Å². The Kier molecular flexibility index (Phi) is 8.19. The minimum atomic E-state index is -0.519. The molecule has 0 unspecified atom stereocenters. The summed E-state index contributed by atoms with van der Waals surface area (Å²) in [5.74, 6) is -0.525. The normalized spacial score (nSPS) is 11.2. The van der Waals surface area contributed by atoms with Gasteiger partial charge < -0.3 is 20.9 Å². The van der Waals surface area contributed by atoms with Gasteiger partial charge in [-0.1, -0.05) is 12.1 Å². The molecule has 0 aliphatic heterocycles. The van der Waals surface area contributed by atoms with E-state index in [1.807, 2.05) is 24.3 Å². The van der Waals surface area contributed by atoms with Crippen molar-refractivity contribution in [1.29, 1.82) is 0 Å². The van der Waals surface area contributed by atoms with Gasteiger partial charge in [-0.3, -0.25) is 14.4 Å². The van der Waals surface area contributed by atoms with Gasteiger partial charge in [0, 0.05) is 17.5 Å². The smallest absolute Gasteiger partial charge is 0.281 e. The number of nitrogens with zero attached hydrogens (tertiary/aromatic N) is 1. The van der Waals surface area contributed by atoms with E-state index in [0.29, 0.717) is 31.5 Å². The Morgan fingerprint density at radius 1 is 0.974 bits per heavy atom. The number of carbonyl (C=O) groups is 3. The Morgan fingerprint density at radius 2 is 1.63 bits per heavy atom. The summed E-state index contributed by atoms with van der Waals surface area (Å²) >= 11 is 2.40. The van der Waals surface area contributed by atoms with E-state index in [9.17, 15) is 19.5 Å². The van der Waals surface area contributed by atoms with E-state index in [-0.39, 0.29) is 18.2 Å². The SMILES string of the molecule is COc1ccc(-c2scc(C(C)=NNC(=O)c3ccc(C(=O)NCc4ccc(C(N)=O)cc4)s3)c2O)cc1.